The predicted molar refractivity (Wildman–Crippen MR) is 91.5 cm³/mol. The number of aromatic nitrogens is 1. The Hall–Kier alpha value is -3.19. The first kappa shape index (κ1) is 15.7. The number of nitro benzene ring substituents is 1. The summed E-state index contributed by atoms with van der Waals surface area (Å²) in [5.41, 5.74) is 3.94. The van der Waals surface area contributed by atoms with Crippen LogP contribution in [0.15, 0.2) is 53.8 Å². The van der Waals surface area contributed by atoms with Crippen molar-refractivity contribution in [3.63, 3.8) is 0 Å². The minimum Gasteiger partial charge on any atom is -0.360 e. The van der Waals surface area contributed by atoms with Gasteiger partial charge in [-0.05, 0) is 12.1 Å². The Balaban J connectivity index is 1.76. The Morgan fingerprint density at radius 2 is 2.08 bits per heavy atom. The molecule has 0 bridgehead atoms. The van der Waals surface area contributed by atoms with Crippen LogP contribution < -0.4 is 5.43 Å². The SMILES string of the molecule is O=C(N/N=C\c1ccc(Cl)c([N+](=O)[O-])c1)c1c[nH]c2ccccc12. The molecule has 0 aliphatic carbocycles. The van der Waals surface area contributed by atoms with Gasteiger partial charge in [-0.15, -0.1) is 0 Å². The molecule has 7 nitrogen and oxygen atoms in total. The summed E-state index contributed by atoms with van der Waals surface area (Å²) >= 11 is 5.74. The molecule has 0 unspecified atom stereocenters. The van der Waals surface area contributed by atoms with Crippen LogP contribution in [0.3, 0.4) is 0 Å². The summed E-state index contributed by atoms with van der Waals surface area (Å²) in [6.45, 7) is 0. The van der Waals surface area contributed by atoms with Crippen LogP contribution in [-0.2, 0) is 0 Å². The number of hydrogen-bond acceptors (Lipinski definition) is 4. The second-order valence-electron chi connectivity index (χ2n) is 4.92. The number of carbonyl (C=O) groups is 1. The normalized spacial score (nSPS) is 11.0. The van der Waals surface area contributed by atoms with Crippen LogP contribution >= 0.6 is 11.6 Å². The molecule has 1 amide bonds. The van der Waals surface area contributed by atoms with Crippen molar-refractivity contribution in [2.24, 2.45) is 5.10 Å². The molecule has 0 saturated heterocycles. The third-order valence-electron chi connectivity index (χ3n) is 3.38. The minimum atomic E-state index is -0.579. The highest BCUT2D eigenvalue weighted by Crippen LogP contribution is 2.24. The number of carbonyl (C=O) groups excluding carboxylic acids is 1. The number of rotatable bonds is 4. The first-order chi connectivity index (χ1) is 11.6. The van der Waals surface area contributed by atoms with E-state index in [1.807, 2.05) is 24.3 Å². The Kier molecular flexibility index (Phi) is 4.26. The van der Waals surface area contributed by atoms with Gasteiger partial charge < -0.3 is 4.98 Å². The molecule has 1 heterocycles. The van der Waals surface area contributed by atoms with Crippen LogP contribution in [0.5, 0.6) is 0 Å². The Morgan fingerprint density at radius 1 is 1.29 bits per heavy atom. The summed E-state index contributed by atoms with van der Waals surface area (Å²) in [5.74, 6) is -0.382. The minimum absolute atomic E-state index is 0.0416. The highest BCUT2D eigenvalue weighted by atomic mass is 35.5. The fraction of sp³-hybridized carbons (Fsp3) is 0. The molecule has 1 aromatic heterocycles. The number of halogens is 1. The number of nitro groups is 1. The molecule has 0 aliphatic rings. The molecule has 24 heavy (non-hydrogen) atoms. The second-order valence-corrected chi connectivity index (χ2v) is 5.32. The number of hydrogen-bond donors (Lipinski definition) is 2. The van der Waals surface area contributed by atoms with Gasteiger partial charge in [0.2, 0.25) is 0 Å². The molecule has 0 fully saturated rings. The number of amides is 1. The number of H-pyrrole nitrogens is 1. The lowest BCUT2D eigenvalue weighted by atomic mass is 10.2. The average molecular weight is 343 g/mol. The van der Waals surface area contributed by atoms with Crippen molar-refractivity contribution in [3.8, 4) is 0 Å². The van der Waals surface area contributed by atoms with Crippen LogP contribution in [0.1, 0.15) is 15.9 Å². The average Bonchev–Trinajstić information content (AvgIpc) is 3.00. The van der Waals surface area contributed by atoms with Crippen molar-refractivity contribution in [2.45, 2.75) is 0 Å². The zero-order chi connectivity index (χ0) is 17.1. The molecule has 2 aromatic carbocycles. The summed E-state index contributed by atoms with van der Waals surface area (Å²) in [5, 5.41) is 15.5. The molecule has 3 aromatic rings. The zero-order valence-electron chi connectivity index (χ0n) is 12.2. The Bertz CT molecular complexity index is 965. The van der Waals surface area contributed by atoms with E-state index in [9.17, 15) is 14.9 Å². The van der Waals surface area contributed by atoms with Crippen molar-refractivity contribution < 1.29 is 9.72 Å². The first-order valence-corrected chi connectivity index (χ1v) is 7.27. The Labute approximate surface area is 141 Å². The molecule has 2 N–H and O–H groups in total. The van der Waals surface area contributed by atoms with Crippen LogP contribution in [0.25, 0.3) is 10.9 Å². The maximum absolute atomic E-state index is 12.2. The monoisotopic (exact) mass is 342 g/mol. The first-order valence-electron chi connectivity index (χ1n) is 6.90. The van der Waals surface area contributed by atoms with E-state index in [1.165, 1.54) is 18.3 Å². The van der Waals surface area contributed by atoms with Gasteiger partial charge in [0.1, 0.15) is 5.02 Å². The topological polar surface area (TPSA) is 100 Å². The van der Waals surface area contributed by atoms with Crippen molar-refractivity contribution >= 4 is 40.3 Å². The van der Waals surface area contributed by atoms with E-state index < -0.39 is 4.92 Å². The van der Waals surface area contributed by atoms with Gasteiger partial charge in [0.05, 0.1) is 16.7 Å². The summed E-state index contributed by atoms with van der Waals surface area (Å²) in [6, 6.07) is 11.6. The lowest BCUT2D eigenvalue weighted by molar-refractivity contribution is -0.384. The third kappa shape index (κ3) is 3.11. The highest BCUT2D eigenvalue weighted by Gasteiger charge is 2.12. The van der Waals surface area contributed by atoms with Gasteiger partial charge >= 0.3 is 0 Å². The fourth-order valence-corrected chi connectivity index (χ4v) is 2.42. The van der Waals surface area contributed by atoms with Gasteiger partial charge in [0.25, 0.3) is 11.6 Å². The molecule has 120 valence electrons. The number of para-hydroxylation sites is 1. The fourth-order valence-electron chi connectivity index (χ4n) is 2.23. The van der Waals surface area contributed by atoms with E-state index in [2.05, 4.69) is 15.5 Å². The van der Waals surface area contributed by atoms with E-state index >= 15 is 0 Å². The van der Waals surface area contributed by atoms with Crippen molar-refractivity contribution in [1.82, 2.24) is 10.4 Å². The van der Waals surface area contributed by atoms with Crippen LogP contribution in [0.4, 0.5) is 5.69 Å². The van der Waals surface area contributed by atoms with Gasteiger partial charge in [-0.2, -0.15) is 5.10 Å². The third-order valence-corrected chi connectivity index (χ3v) is 3.70. The molecule has 0 aliphatic heterocycles. The molecule has 0 saturated carbocycles. The lowest BCUT2D eigenvalue weighted by Gasteiger charge is -1.99. The maximum atomic E-state index is 12.2. The largest absolute Gasteiger partial charge is 0.360 e. The number of aromatic amines is 1. The van der Waals surface area contributed by atoms with Crippen molar-refractivity contribution in [1.29, 1.82) is 0 Å². The van der Waals surface area contributed by atoms with Gasteiger partial charge in [-0.3, -0.25) is 14.9 Å². The van der Waals surface area contributed by atoms with Crippen molar-refractivity contribution in [2.75, 3.05) is 0 Å². The van der Waals surface area contributed by atoms with Gasteiger partial charge in [0, 0.05) is 28.7 Å². The van der Waals surface area contributed by atoms with Crippen LogP contribution in [0.2, 0.25) is 5.02 Å². The number of fused-ring (bicyclic) bond motifs is 1. The van der Waals surface area contributed by atoms with Gasteiger partial charge in [-0.25, -0.2) is 5.43 Å². The van der Waals surface area contributed by atoms with E-state index in [0.29, 0.717) is 11.1 Å². The predicted octanol–water partition coefficient (Wildman–Crippen LogP) is 3.49. The Morgan fingerprint density at radius 3 is 2.88 bits per heavy atom. The standard InChI is InChI=1S/C16H11ClN4O3/c17-13-6-5-10(7-15(13)21(23)24)8-19-20-16(22)12-9-18-14-4-2-1-3-11(12)14/h1-9,18H,(H,20,22)/b19-8-. The van der Waals surface area contributed by atoms with Gasteiger partial charge in [-0.1, -0.05) is 35.9 Å². The summed E-state index contributed by atoms with van der Waals surface area (Å²) in [6.07, 6.45) is 2.92. The molecule has 3 rings (SSSR count). The molecule has 8 heteroatoms. The summed E-state index contributed by atoms with van der Waals surface area (Å²) in [7, 11) is 0. The van der Waals surface area contributed by atoms with E-state index in [4.69, 9.17) is 11.6 Å². The van der Waals surface area contributed by atoms with Crippen LogP contribution in [-0.4, -0.2) is 22.0 Å². The van der Waals surface area contributed by atoms with Crippen molar-refractivity contribution in [3.05, 3.63) is 74.9 Å². The maximum Gasteiger partial charge on any atom is 0.288 e. The molecular formula is C16H11ClN4O3. The molecule has 0 radical (unpaired) electrons. The number of benzene rings is 2. The van der Waals surface area contributed by atoms with Crippen LogP contribution in [0, 0.1) is 10.1 Å². The number of hydrazone groups is 1. The molecule has 0 spiro atoms. The molecular weight excluding hydrogens is 332 g/mol. The quantitative estimate of drug-likeness (QED) is 0.431. The van der Waals surface area contributed by atoms with Gasteiger partial charge in [0.15, 0.2) is 0 Å². The van der Waals surface area contributed by atoms with E-state index in [-0.39, 0.29) is 16.6 Å². The second kappa shape index (κ2) is 6.51. The van der Waals surface area contributed by atoms with E-state index in [0.717, 1.165) is 10.9 Å². The zero-order valence-corrected chi connectivity index (χ0v) is 12.9. The lowest BCUT2D eigenvalue weighted by Crippen LogP contribution is -2.17. The summed E-state index contributed by atoms with van der Waals surface area (Å²) in [4.78, 5) is 25.4. The number of nitrogens with one attached hydrogen (secondary N) is 2. The van der Waals surface area contributed by atoms with E-state index in [1.54, 1.807) is 12.3 Å². The summed E-state index contributed by atoms with van der Waals surface area (Å²) < 4.78 is 0. The smallest absolute Gasteiger partial charge is 0.288 e. The highest BCUT2D eigenvalue weighted by molar-refractivity contribution is 6.32. The molecule has 0 atom stereocenters. The number of nitrogens with zero attached hydrogens (tertiary/aromatic N) is 2.